The number of benzene rings is 2. The molecular formula is C16H14ClF2NO2. The van der Waals surface area contributed by atoms with Crippen LogP contribution in [0.3, 0.4) is 0 Å². The molecule has 0 aliphatic carbocycles. The molecule has 1 unspecified atom stereocenters. The van der Waals surface area contributed by atoms with Crippen LogP contribution in [0.25, 0.3) is 0 Å². The zero-order valence-electron chi connectivity index (χ0n) is 11.7. The molecule has 22 heavy (non-hydrogen) atoms. The SMILES string of the molecule is CC(O)(CNC(=O)c1cccc(Cl)c1F)c1ccc(F)cc1. The summed E-state index contributed by atoms with van der Waals surface area (Å²) in [5, 5.41) is 12.6. The summed E-state index contributed by atoms with van der Waals surface area (Å²) in [6.45, 7) is 1.30. The Morgan fingerprint density at radius 1 is 1.23 bits per heavy atom. The van der Waals surface area contributed by atoms with Crippen molar-refractivity contribution in [2.24, 2.45) is 0 Å². The van der Waals surface area contributed by atoms with Gasteiger partial charge in [0.25, 0.3) is 5.91 Å². The summed E-state index contributed by atoms with van der Waals surface area (Å²) in [6, 6.07) is 9.34. The quantitative estimate of drug-likeness (QED) is 0.906. The second-order valence-electron chi connectivity index (χ2n) is 5.06. The predicted molar refractivity (Wildman–Crippen MR) is 79.7 cm³/mol. The molecule has 0 aliphatic heterocycles. The summed E-state index contributed by atoms with van der Waals surface area (Å²) >= 11 is 5.62. The first-order valence-corrected chi connectivity index (χ1v) is 6.90. The lowest BCUT2D eigenvalue weighted by molar-refractivity contribution is 0.0524. The molecule has 1 amide bonds. The largest absolute Gasteiger partial charge is 0.384 e. The molecule has 0 bridgehead atoms. The monoisotopic (exact) mass is 325 g/mol. The molecule has 1 atom stereocenters. The zero-order chi connectivity index (χ0) is 16.3. The van der Waals surface area contributed by atoms with Gasteiger partial charge in [0.1, 0.15) is 11.4 Å². The van der Waals surface area contributed by atoms with Gasteiger partial charge < -0.3 is 10.4 Å². The van der Waals surface area contributed by atoms with Crippen molar-refractivity contribution in [3.63, 3.8) is 0 Å². The van der Waals surface area contributed by atoms with Gasteiger partial charge in [0.15, 0.2) is 5.82 Å². The number of hydrogen-bond donors (Lipinski definition) is 2. The van der Waals surface area contributed by atoms with Gasteiger partial charge >= 0.3 is 0 Å². The number of nitrogens with one attached hydrogen (secondary N) is 1. The van der Waals surface area contributed by atoms with E-state index in [2.05, 4.69) is 5.32 Å². The van der Waals surface area contributed by atoms with E-state index >= 15 is 0 Å². The standard InChI is InChI=1S/C16H14ClF2NO2/c1-16(22,10-5-7-11(18)8-6-10)9-20-15(21)12-3-2-4-13(17)14(12)19/h2-8,22H,9H2,1H3,(H,20,21). The molecule has 0 saturated carbocycles. The highest BCUT2D eigenvalue weighted by Gasteiger charge is 2.25. The molecular weight excluding hydrogens is 312 g/mol. The van der Waals surface area contributed by atoms with Crippen LogP contribution in [0.5, 0.6) is 0 Å². The van der Waals surface area contributed by atoms with E-state index < -0.39 is 23.1 Å². The normalized spacial score (nSPS) is 13.5. The van der Waals surface area contributed by atoms with E-state index in [4.69, 9.17) is 11.6 Å². The average Bonchev–Trinajstić information content (AvgIpc) is 2.48. The molecule has 0 heterocycles. The molecule has 116 valence electrons. The molecule has 2 aromatic rings. The van der Waals surface area contributed by atoms with E-state index in [9.17, 15) is 18.7 Å². The van der Waals surface area contributed by atoms with Gasteiger partial charge in [-0.15, -0.1) is 0 Å². The lowest BCUT2D eigenvalue weighted by Gasteiger charge is -2.24. The van der Waals surface area contributed by atoms with E-state index in [1.165, 1.54) is 49.4 Å². The van der Waals surface area contributed by atoms with Crippen LogP contribution >= 0.6 is 11.6 Å². The van der Waals surface area contributed by atoms with Gasteiger partial charge in [0, 0.05) is 0 Å². The zero-order valence-corrected chi connectivity index (χ0v) is 12.5. The Morgan fingerprint density at radius 2 is 1.86 bits per heavy atom. The minimum atomic E-state index is -1.42. The van der Waals surface area contributed by atoms with Crippen LogP contribution in [-0.4, -0.2) is 17.6 Å². The fraction of sp³-hybridized carbons (Fsp3) is 0.188. The molecule has 6 heteroatoms. The van der Waals surface area contributed by atoms with Crippen molar-refractivity contribution in [3.05, 3.63) is 70.2 Å². The van der Waals surface area contributed by atoms with Crippen LogP contribution in [0.1, 0.15) is 22.8 Å². The second kappa shape index (κ2) is 6.42. The fourth-order valence-electron chi connectivity index (χ4n) is 1.94. The Morgan fingerprint density at radius 3 is 2.50 bits per heavy atom. The maximum atomic E-state index is 13.7. The van der Waals surface area contributed by atoms with Crippen LogP contribution in [0.15, 0.2) is 42.5 Å². The van der Waals surface area contributed by atoms with E-state index in [0.717, 1.165) is 0 Å². The molecule has 0 fully saturated rings. The van der Waals surface area contributed by atoms with Gasteiger partial charge in [0.2, 0.25) is 0 Å². The third kappa shape index (κ3) is 3.61. The number of rotatable bonds is 4. The van der Waals surface area contributed by atoms with Crippen molar-refractivity contribution in [1.29, 1.82) is 0 Å². The summed E-state index contributed by atoms with van der Waals surface area (Å²) < 4.78 is 26.6. The van der Waals surface area contributed by atoms with Crippen molar-refractivity contribution >= 4 is 17.5 Å². The maximum Gasteiger partial charge on any atom is 0.254 e. The smallest absolute Gasteiger partial charge is 0.254 e. The highest BCUT2D eigenvalue weighted by Crippen LogP contribution is 2.21. The number of hydrogen-bond acceptors (Lipinski definition) is 2. The molecule has 2 N–H and O–H groups in total. The van der Waals surface area contributed by atoms with Gasteiger partial charge in [-0.05, 0) is 36.8 Å². The lowest BCUT2D eigenvalue weighted by atomic mass is 9.96. The number of carbonyl (C=O) groups excluding carboxylic acids is 1. The summed E-state index contributed by atoms with van der Waals surface area (Å²) in [5.74, 6) is -1.94. The summed E-state index contributed by atoms with van der Waals surface area (Å²) in [5.41, 5.74) is -1.19. The third-order valence-corrected chi connectivity index (χ3v) is 3.55. The lowest BCUT2D eigenvalue weighted by Crippen LogP contribution is -2.38. The molecule has 2 aromatic carbocycles. The van der Waals surface area contributed by atoms with E-state index in [1.807, 2.05) is 0 Å². The van der Waals surface area contributed by atoms with Gasteiger partial charge in [-0.2, -0.15) is 0 Å². The summed E-state index contributed by atoms with van der Waals surface area (Å²) in [4.78, 5) is 12.0. The van der Waals surface area contributed by atoms with Crippen molar-refractivity contribution in [1.82, 2.24) is 5.32 Å². The Balaban J connectivity index is 2.09. The molecule has 0 saturated heterocycles. The van der Waals surface area contributed by atoms with Crippen LogP contribution < -0.4 is 5.32 Å². The Bertz CT molecular complexity index is 687. The van der Waals surface area contributed by atoms with Crippen LogP contribution in [0.4, 0.5) is 8.78 Å². The first kappa shape index (κ1) is 16.4. The molecule has 0 radical (unpaired) electrons. The van der Waals surface area contributed by atoms with Gasteiger partial charge in [0.05, 0.1) is 17.1 Å². The fourth-order valence-corrected chi connectivity index (χ4v) is 2.11. The molecule has 0 aromatic heterocycles. The van der Waals surface area contributed by atoms with E-state index in [-0.39, 0.29) is 17.1 Å². The predicted octanol–water partition coefficient (Wildman–Crippen LogP) is 3.26. The van der Waals surface area contributed by atoms with E-state index in [1.54, 1.807) is 0 Å². The van der Waals surface area contributed by atoms with Crippen molar-refractivity contribution in [3.8, 4) is 0 Å². The first-order chi connectivity index (χ1) is 10.3. The number of amides is 1. The minimum Gasteiger partial charge on any atom is -0.384 e. The van der Waals surface area contributed by atoms with Crippen molar-refractivity contribution < 1.29 is 18.7 Å². The topological polar surface area (TPSA) is 49.3 Å². The molecule has 2 rings (SSSR count). The highest BCUT2D eigenvalue weighted by molar-refractivity contribution is 6.31. The average molecular weight is 326 g/mol. The van der Waals surface area contributed by atoms with Gasteiger partial charge in [-0.1, -0.05) is 29.8 Å². The maximum absolute atomic E-state index is 13.7. The molecule has 0 aliphatic rings. The number of aliphatic hydroxyl groups is 1. The van der Waals surface area contributed by atoms with Crippen LogP contribution in [-0.2, 0) is 5.60 Å². The first-order valence-electron chi connectivity index (χ1n) is 6.52. The van der Waals surface area contributed by atoms with Gasteiger partial charge in [-0.3, -0.25) is 4.79 Å². The Kier molecular flexibility index (Phi) is 4.78. The second-order valence-corrected chi connectivity index (χ2v) is 5.47. The van der Waals surface area contributed by atoms with E-state index in [0.29, 0.717) is 5.56 Å². The number of halogens is 3. The Labute approximate surface area is 131 Å². The number of carbonyl (C=O) groups is 1. The molecule has 0 spiro atoms. The summed E-state index contributed by atoms with van der Waals surface area (Å²) in [6.07, 6.45) is 0. The third-order valence-electron chi connectivity index (χ3n) is 3.26. The van der Waals surface area contributed by atoms with Crippen LogP contribution in [0, 0.1) is 11.6 Å². The summed E-state index contributed by atoms with van der Waals surface area (Å²) in [7, 11) is 0. The van der Waals surface area contributed by atoms with Crippen molar-refractivity contribution in [2.45, 2.75) is 12.5 Å². The van der Waals surface area contributed by atoms with Gasteiger partial charge in [-0.25, -0.2) is 8.78 Å². The Hall–Kier alpha value is -1.98. The van der Waals surface area contributed by atoms with Crippen LogP contribution in [0.2, 0.25) is 5.02 Å². The highest BCUT2D eigenvalue weighted by atomic mass is 35.5. The minimum absolute atomic E-state index is 0.155. The molecule has 3 nitrogen and oxygen atoms in total. The van der Waals surface area contributed by atoms with Crippen molar-refractivity contribution in [2.75, 3.05) is 6.54 Å².